The maximum absolute atomic E-state index is 13.1. The van der Waals surface area contributed by atoms with Crippen LogP contribution in [0.2, 0.25) is 0 Å². The molecule has 0 fully saturated rings. The number of rotatable bonds is 8. The molecule has 1 aromatic rings. The highest BCUT2D eigenvalue weighted by atomic mass is 32.2. The summed E-state index contributed by atoms with van der Waals surface area (Å²) in [5.41, 5.74) is 4.59. The highest BCUT2D eigenvalue weighted by molar-refractivity contribution is 7.99. The number of carbonyl (C=O) groups is 1. The zero-order chi connectivity index (χ0) is 16.8. The maximum atomic E-state index is 13.1. The van der Waals surface area contributed by atoms with Crippen LogP contribution in [0, 0.1) is 0 Å². The van der Waals surface area contributed by atoms with Crippen molar-refractivity contribution in [2.24, 2.45) is 5.73 Å². The summed E-state index contributed by atoms with van der Waals surface area (Å²) in [5.74, 6) is -0.635. The number of alkyl halides is 3. The van der Waals surface area contributed by atoms with Crippen LogP contribution in [0.5, 0.6) is 0 Å². The summed E-state index contributed by atoms with van der Waals surface area (Å²) in [4.78, 5) is 22.0. The molecule has 0 saturated carbocycles. The number of carboxylic acids is 1. The average Bonchev–Trinajstić information content (AvgIpc) is 2.42. The van der Waals surface area contributed by atoms with Crippen molar-refractivity contribution < 1.29 is 23.1 Å². The molecule has 2 unspecified atom stereocenters. The Balaban J connectivity index is 2.57. The smallest absolute Gasteiger partial charge is 0.409 e. The van der Waals surface area contributed by atoms with Crippen LogP contribution in [0.1, 0.15) is 18.9 Å². The fourth-order valence-corrected chi connectivity index (χ4v) is 2.80. The van der Waals surface area contributed by atoms with Crippen molar-refractivity contribution in [2.75, 3.05) is 11.5 Å². The molecule has 9 heteroatoms. The molecule has 0 bridgehead atoms. The van der Waals surface area contributed by atoms with E-state index in [9.17, 15) is 22.8 Å². The number of halogens is 3. The Morgan fingerprint density at radius 1 is 1.32 bits per heavy atom. The molecule has 0 radical (unpaired) electrons. The Labute approximate surface area is 129 Å². The van der Waals surface area contributed by atoms with E-state index in [1.54, 1.807) is 0 Å². The first-order valence-corrected chi connectivity index (χ1v) is 7.69. The largest absolute Gasteiger partial charge is 0.480 e. The highest BCUT2D eigenvalue weighted by Crippen LogP contribution is 2.33. The number of pyridine rings is 1. The number of thioether (sulfide) groups is 1. The van der Waals surface area contributed by atoms with Gasteiger partial charge in [0, 0.05) is 12.3 Å². The van der Waals surface area contributed by atoms with Crippen LogP contribution in [-0.2, 0) is 4.79 Å². The molecule has 5 nitrogen and oxygen atoms in total. The van der Waals surface area contributed by atoms with Crippen molar-refractivity contribution in [3.63, 3.8) is 0 Å². The molecule has 124 valence electrons. The second-order valence-electron chi connectivity index (χ2n) is 4.64. The van der Waals surface area contributed by atoms with Crippen LogP contribution in [0.3, 0.4) is 0 Å². The lowest BCUT2D eigenvalue weighted by Crippen LogP contribution is -2.34. The SMILES string of the molecule is NC(CCSCCC(n1ccccc1=O)C(F)(F)F)C(=O)O. The predicted molar refractivity (Wildman–Crippen MR) is 78.0 cm³/mol. The molecule has 0 aromatic carbocycles. The van der Waals surface area contributed by atoms with Crippen molar-refractivity contribution in [3.8, 4) is 0 Å². The summed E-state index contributed by atoms with van der Waals surface area (Å²) in [5, 5.41) is 8.59. The Morgan fingerprint density at radius 2 is 1.95 bits per heavy atom. The average molecular weight is 338 g/mol. The zero-order valence-electron chi connectivity index (χ0n) is 11.6. The zero-order valence-corrected chi connectivity index (χ0v) is 12.4. The molecular formula is C13H17F3N2O3S. The van der Waals surface area contributed by atoms with Gasteiger partial charge in [0.05, 0.1) is 0 Å². The Bertz CT molecular complexity index is 548. The van der Waals surface area contributed by atoms with Crippen molar-refractivity contribution >= 4 is 17.7 Å². The number of aromatic nitrogens is 1. The van der Waals surface area contributed by atoms with Gasteiger partial charge < -0.3 is 15.4 Å². The molecule has 0 aliphatic rings. The number of hydrogen-bond acceptors (Lipinski definition) is 4. The molecule has 0 aliphatic heterocycles. The van der Waals surface area contributed by atoms with E-state index in [1.165, 1.54) is 23.9 Å². The highest BCUT2D eigenvalue weighted by Gasteiger charge is 2.40. The lowest BCUT2D eigenvalue weighted by atomic mass is 10.2. The van der Waals surface area contributed by atoms with E-state index in [1.807, 2.05) is 0 Å². The topological polar surface area (TPSA) is 85.3 Å². The van der Waals surface area contributed by atoms with E-state index in [4.69, 9.17) is 10.8 Å². The first kappa shape index (κ1) is 18.6. The first-order valence-electron chi connectivity index (χ1n) is 6.53. The fraction of sp³-hybridized carbons (Fsp3) is 0.538. The summed E-state index contributed by atoms with van der Waals surface area (Å²) < 4.78 is 39.9. The molecule has 3 N–H and O–H groups in total. The van der Waals surface area contributed by atoms with Crippen LogP contribution in [0.25, 0.3) is 0 Å². The van der Waals surface area contributed by atoms with Crippen molar-refractivity contribution in [3.05, 3.63) is 34.7 Å². The summed E-state index contributed by atoms with van der Waals surface area (Å²) in [6.45, 7) is 0. The Morgan fingerprint density at radius 3 is 2.50 bits per heavy atom. The van der Waals surface area contributed by atoms with Gasteiger partial charge in [-0.1, -0.05) is 6.07 Å². The van der Waals surface area contributed by atoms with Gasteiger partial charge in [0.25, 0.3) is 5.56 Å². The van der Waals surface area contributed by atoms with Gasteiger partial charge in [-0.25, -0.2) is 0 Å². The minimum atomic E-state index is -4.52. The molecule has 1 heterocycles. The number of nitrogens with two attached hydrogens (primary N) is 1. The first-order chi connectivity index (χ1) is 10.2. The van der Waals surface area contributed by atoms with E-state index in [-0.39, 0.29) is 18.6 Å². The van der Waals surface area contributed by atoms with Gasteiger partial charge in [0.1, 0.15) is 12.1 Å². The van der Waals surface area contributed by atoms with Gasteiger partial charge in [-0.05, 0) is 30.4 Å². The molecular weight excluding hydrogens is 321 g/mol. The number of nitrogens with zero attached hydrogens (tertiary/aromatic N) is 1. The predicted octanol–water partition coefficient (Wildman–Crippen LogP) is 1.88. The summed E-state index contributed by atoms with van der Waals surface area (Å²) in [7, 11) is 0. The standard InChI is InChI=1S/C13H17F3N2O3S/c14-13(15,16)10(18-6-2-1-3-11(18)19)5-8-22-7-4-9(17)12(20)21/h1-3,6,9-10H,4-5,7-8,17H2,(H,20,21). The van der Waals surface area contributed by atoms with E-state index >= 15 is 0 Å². The molecule has 0 amide bonds. The third kappa shape index (κ3) is 5.72. The summed E-state index contributed by atoms with van der Waals surface area (Å²) in [6, 6.07) is 0.940. The normalized spacial score (nSPS) is 14.5. The van der Waals surface area contributed by atoms with Crippen LogP contribution in [0.15, 0.2) is 29.2 Å². The second-order valence-corrected chi connectivity index (χ2v) is 5.86. The molecule has 1 rings (SSSR count). The second kappa shape index (κ2) is 8.23. The number of hydrogen-bond donors (Lipinski definition) is 2. The molecule has 2 atom stereocenters. The third-order valence-electron chi connectivity index (χ3n) is 2.99. The van der Waals surface area contributed by atoms with Gasteiger partial charge in [-0.15, -0.1) is 0 Å². The fourth-order valence-electron chi connectivity index (χ4n) is 1.79. The molecule has 0 saturated heterocycles. The van der Waals surface area contributed by atoms with Crippen molar-refractivity contribution in [1.29, 1.82) is 0 Å². The van der Waals surface area contributed by atoms with Crippen LogP contribution in [-0.4, -0.2) is 39.4 Å². The van der Waals surface area contributed by atoms with E-state index in [0.717, 1.165) is 12.3 Å². The quantitative estimate of drug-likeness (QED) is 0.707. The lowest BCUT2D eigenvalue weighted by molar-refractivity contribution is -0.168. The van der Waals surface area contributed by atoms with Gasteiger partial charge in [0.2, 0.25) is 0 Å². The van der Waals surface area contributed by atoms with E-state index in [0.29, 0.717) is 10.3 Å². The Kier molecular flexibility index (Phi) is 6.95. The van der Waals surface area contributed by atoms with Gasteiger partial charge in [0.15, 0.2) is 0 Å². The third-order valence-corrected chi connectivity index (χ3v) is 4.04. The molecule has 0 spiro atoms. The Hall–Kier alpha value is -1.48. The monoisotopic (exact) mass is 338 g/mol. The van der Waals surface area contributed by atoms with E-state index < -0.39 is 29.8 Å². The molecule has 1 aromatic heterocycles. The maximum Gasteiger partial charge on any atom is 0.409 e. The van der Waals surface area contributed by atoms with Crippen LogP contribution in [0.4, 0.5) is 13.2 Å². The molecule has 22 heavy (non-hydrogen) atoms. The minimum Gasteiger partial charge on any atom is -0.480 e. The minimum absolute atomic E-state index is 0.151. The van der Waals surface area contributed by atoms with Crippen molar-refractivity contribution in [2.45, 2.75) is 31.1 Å². The number of carboxylic acid groups (broad SMARTS) is 1. The molecule has 0 aliphatic carbocycles. The van der Waals surface area contributed by atoms with Gasteiger partial charge in [-0.2, -0.15) is 24.9 Å². The summed E-state index contributed by atoms with van der Waals surface area (Å²) in [6.07, 6.45) is -3.49. The van der Waals surface area contributed by atoms with Gasteiger partial charge >= 0.3 is 12.1 Å². The van der Waals surface area contributed by atoms with E-state index in [2.05, 4.69) is 0 Å². The van der Waals surface area contributed by atoms with Crippen LogP contribution < -0.4 is 11.3 Å². The number of aliphatic carboxylic acids is 1. The van der Waals surface area contributed by atoms with Crippen LogP contribution >= 0.6 is 11.8 Å². The van der Waals surface area contributed by atoms with Gasteiger partial charge in [-0.3, -0.25) is 9.59 Å². The lowest BCUT2D eigenvalue weighted by Gasteiger charge is -2.22. The summed E-state index contributed by atoms with van der Waals surface area (Å²) >= 11 is 1.19. The van der Waals surface area contributed by atoms with Crippen molar-refractivity contribution in [1.82, 2.24) is 4.57 Å².